The molecule has 0 aliphatic rings. The molecule has 0 unspecified atom stereocenters. The number of carbonyl (C=O) groups is 2. The fraction of sp³-hybridized carbons (Fsp3) is 0.333. The fourth-order valence-corrected chi connectivity index (χ4v) is 2.70. The summed E-state index contributed by atoms with van der Waals surface area (Å²) in [6, 6.07) is 6.17. The molecule has 0 amide bonds. The highest BCUT2D eigenvalue weighted by Gasteiger charge is 2.17. The Hall–Kier alpha value is -1.93. The van der Waals surface area contributed by atoms with Gasteiger partial charge < -0.3 is 9.84 Å². The minimum absolute atomic E-state index is 0.165. The molecule has 1 aromatic carbocycles. The number of rotatable bonds is 7. The lowest BCUT2D eigenvalue weighted by atomic mass is 10.1. The molecule has 0 aromatic heterocycles. The quantitative estimate of drug-likeness (QED) is 0.704. The molecule has 0 bridgehead atoms. The minimum Gasteiger partial charge on any atom is -0.481 e. The van der Waals surface area contributed by atoms with Crippen molar-refractivity contribution in [3.8, 4) is 0 Å². The highest BCUT2D eigenvalue weighted by Crippen LogP contribution is 2.13. The second-order valence-electron chi connectivity index (χ2n) is 3.95. The van der Waals surface area contributed by atoms with Gasteiger partial charge in [-0.1, -0.05) is 18.2 Å². The van der Waals surface area contributed by atoms with Crippen LogP contribution in [0, 0.1) is 0 Å². The van der Waals surface area contributed by atoms with Crippen LogP contribution in [-0.2, 0) is 25.3 Å². The lowest BCUT2D eigenvalue weighted by Crippen LogP contribution is -2.28. The third-order valence-electron chi connectivity index (χ3n) is 2.43. The van der Waals surface area contributed by atoms with E-state index in [1.807, 2.05) is 0 Å². The molecule has 1 aromatic rings. The fourth-order valence-electron chi connectivity index (χ4n) is 1.52. The topological polar surface area (TPSA) is 110 Å². The van der Waals surface area contributed by atoms with Crippen LogP contribution in [-0.4, -0.2) is 39.1 Å². The molecule has 1 rings (SSSR count). The molecule has 0 saturated carbocycles. The summed E-state index contributed by atoms with van der Waals surface area (Å²) in [6.45, 7) is -0.196. The summed E-state index contributed by atoms with van der Waals surface area (Å²) in [5.74, 6) is -2.14. The molecule has 8 heteroatoms. The summed E-state index contributed by atoms with van der Waals surface area (Å²) < 4.78 is 30.3. The third-order valence-corrected chi connectivity index (χ3v) is 3.76. The van der Waals surface area contributed by atoms with Gasteiger partial charge in [-0.3, -0.25) is 4.79 Å². The number of hydrogen-bond acceptors (Lipinski definition) is 5. The van der Waals surface area contributed by atoms with Gasteiger partial charge in [-0.05, 0) is 11.6 Å². The van der Waals surface area contributed by atoms with Crippen molar-refractivity contribution in [2.24, 2.45) is 0 Å². The van der Waals surface area contributed by atoms with E-state index in [4.69, 9.17) is 5.11 Å². The molecule has 110 valence electrons. The van der Waals surface area contributed by atoms with Gasteiger partial charge in [-0.25, -0.2) is 17.9 Å². The molecule has 0 aliphatic heterocycles. The molecular formula is C12H15NO6S. The van der Waals surface area contributed by atoms with E-state index in [1.165, 1.54) is 19.2 Å². The Morgan fingerprint density at radius 3 is 2.55 bits per heavy atom. The molecule has 0 aliphatic carbocycles. The van der Waals surface area contributed by atoms with Crippen LogP contribution in [0.3, 0.4) is 0 Å². The SMILES string of the molecule is COC(=O)c1ccccc1CS(=O)(=O)NCCC(=O)O. The van der Waals surface area contributed by atoms with E-state index < -0.39 is 27.7 Å². The zero-order valence-corrected chi connectivity index (χ0v) is 11.6. The summed E-state index contributed by atoms with van der Waals surface area (Å²) >= 11 is 0. The van der Waals surface area contributed by atoms with Gasteiger partial charge in [-0.15, -0.1) is 0 Å². The maximum Gasteiger partial charge on any atom is 0.338 e. The predicted molar refractivity (Wildman–Crippen MR) is 70.7 cm³/mol. The molecule has 20 heavy (non-hydrogen) atoms. The number of ether oxygens (including phenoxy) is 1. The normalized spacial score (nSPS) is 11.1. The first-order valence-electron chi connectivity index (χ1n) is 5.71. The zero-order valence-electron chi connectivity index (χ0n) is 10.8. The van der Waals surface area contributed by atoms with E-state index in [-0.39, 0.29) is 18.5 Å². The first kappa shape index (κ1) is 16.1. The number of hydrogen-bond donors (Lipinski definition) is 2. The number of nitrogens with one attached hydrogen (secondary N) is 1. The summed E-state index contributed by atoms with van der Waals surface area (Å²) in [7, 11) is -2.51. The van der Waals surface area contributed by atoms with E-state index in [1.54, 1.807) is 12.1 Å². The third kappa shape index (κ3) is 4.98. The standard InChI is InChI=1S/C12H15NO6S/c1-19-12(16)10-5-3-2-4-9(10)8-20(17,18)13-7-6-11(14)15/h2-5,13H,6-8H2,1H3,(H,14,15). The average Bonchev–Trinajstić information content (AvgIpc) is 2.37. The number of methoxy groups -OCH3 is 1. The summed E-state index contributed by atoms with van der Waals surface area (Å²) in [4.78, 5) is 21.8. The second kappa shape index (κ2) is 7.01. The van der Waals surface area contributed by atoms with E-state index in [0.717, 1.165) is 0 Å². The van der Waals surface area contributed by atoms with Crippen molar-refractivity contribution in [2.45, 2.75) is 12.2 Å². The van der Waals surface area contributed by atoms with Crippen molar-refractivity contribution in [1.29, 1.82) is 0 Å². The van der Waals surface area contributed by atoms with Gasteiger partial charge in [0.25, 0.3) is 0 Å². The number of sulfonamides is 1. The first-order chi connectivity index (χ1) is 9.35. The molecule has 0 spiro atoms. The van der Waals surface area contributed by atoms with Crippen LogP contribution in [0.5, 0.6) is 0 Å². The van der Waals surface area contributed by atoms with E-state index in [0.29, 0.717) is 5.56 Å². The van der Waals surface area contributed by atoms with Crippen molar-refractivity contribution < 1.29 is 27.9 Å². The minimum atomic E-state index is -3.72. The predicted octanol–water partition coefficient (Wildman–Crippen LogP) is 0.367. The van der Waals surface area contributed by atoms with Crippen LogP contribution in [0.15, 0.2) is 24.3 Å². The Balaban J connectivity index is 2.82. The second-order valence-corrected chi connectivity index (χ2v) is 5.75. The largest absolute Gasteiger partial charge is 0.481 e. The van der Waals surface area contributed by atoms with Gasteiger partial charge >= 0.3 is 11.9 Å². The summed E-state index contributed by atoms with van der Waals surface area (Å²) in [5.41, 5.74) is 0.459. The molecule has 0 fully saturated rings. The Bertz CT molecular complexity index is 596. The van der Waals surface area contributed by atoms with Crippen LogP contribution in [0.4, 0.5) is 0 Å². The number of carboxylic acids is 1. The summed E-state index contributed by atoms with van der Waals surface area (Å²) in [5, 5.41) is 8.45. The number of esters is 1. The van der Waals surface area contributed by atoms with Gasteiger partial charge in [0.05, 0.1) is 24.8 Å². The van der Waals surface area contributed by atoms with Gasteiger partial charge in [0.1, 0.15) is 0 Å². The van der Waals surface area contributed by atoms with Crippen molar-refractivity contribution >= 4 is 22.0 Å². The highest BCUT2D eigenvalue weighted by atomic mass is 32.2. The number of aliphatic carboxylic acids is 1. The maximum atomic E-state index is 11.8. The Labute approximate surface area is 116 Å². The van der Waals surface area contributed by atoms with Crippen molar-refractivity contribution in [3.63, 3.8) is 0 Å². The smallest absolute Gasteiger partial charge is 0.338 e. The highest BCUT2D eigenvalue weighted by molar-refractivity contribution is 7.88. The average molecular weight is 301 g/mol. The Morgan fingerprint density at radius 2 is 1.95 bits per heavy atom. The lowest BCUT2D eigenvalue weighted by Gasteiger charge is -2.09. The number of carboxylic acid groups (broad SMARTS) is 1. The van der Waals surface area contributed by atoms with Crippen LogP contribution in [0.1, 0.15) is 22.3 Å². The van der Waals surface area contributed by atoms with Crippen LogP contribution < -0.4 is 4.72 Å². The zero-order chi connectivity index (χ0) is 15.2. The van der Waals surface area contributed by atoms with Crippen LogP contribution in [0.25, 0.3) is 0 Å². The van der Waals surface area contributed by atoms with Gasteiger partial charge in [-0.2, -0.15) is 0 Å². The molecule has 2 N–H and O–H groups in total. The molecule has 0 saturated heterocycles. The van der Waals surface area contributed by atoms with Crippen LogP contribution >= 0.6 is 0 Å². The summed E-state index contributed by atoms with van der Waals surface area (Å²) in [6.07, 6.45) is -0.308. The molecule has 0 heterocycles. The Kier molecular flexibility index (Phi) is 5.66. The maximum absolute atomic E-state index is 11.8. The number of benzene rings is 1. The molecular weight excluding hydrogens is 286 g/mol. The van der Waals surface area contributed by atoms with Crippen molar-refractivity contribution in [1.82, 2.24) is 4.72 Å². The molecule has 0 atom stereocenters. The van der Waals surface area contributed by atoms with E-state index >= 15 is 0 Å². The molecule has 0 radical (unpaired) electrons. The lowest BCUT2D eigenvalue weighted by molar-refractivity contribution is -0.136. The van der Waals surface area contributed by atoms with Gasteiger partial charge in [0, 0.05) is 6.54 Å². The van der Waals surface area contributed by atoms with Crippen LogP contribution in [0.2, 0.25) is 0 Å². The number of carbonyl (C=O) groups excluding carboxylic acids is 1. The first-order valence-corrected chi connectivity index (χ1v) is 7.36. The van der Waals surface area contributed by atoms with Gasteiger partial charge in [0.15, 0.2) is 0 Å². The van der Waals surface area contributed by atoms with E-state index in [9.17, 15) is 18.0 Å². The van der Waals surface area contributed by atoms with E-state index in [2.05, 4.69) is 9.46 Å². The van der Waals surface area contributed by atoms with Crippen molar-refractivity contribution in [2.75, 3.05) is 13.7 Å². The van der Waals surface area contributed by atoms with Gasteiger partial charge in [0.2, 0.25) is 10.0 Å². The monoisotopic (exact) mass is 301 g/mol. The Morgan fingerprint density at radius 1 is 1.30 bits per heavy atom. The van der Waals surface area contributed by atoms with Crippen molar-refractivity contribution in [3.05, 3.63) is 35.4 Å². The molecule has 7 nitrogen and oxygen atoms in total.